The van der Waals surface area contributed by atoms with Crippen molar-refractivity contribution in [1.82, 2.24) is 14.9 Å². The summed E-state index contributed by atoms with van der Waals surface area (Å²) in [6.07, 6.45) is 3.81. The van der Waals surface area contributed by atoms with E-state index in [1.807, 2.05) is 6.92 Å². The zero-order valence-corrected chi connectivity index (χ0v) is 11.7. The minimum Gasteiger partial charge on any atom is -0.480 e. The first-order chi connectivity index (χ1) is 9.54. The molecule has 2 rings (SSSR count). The number of rotatable bonds is 4. The summed E-state index contributed by atoms with van der Waals surface area (Å²) in [4.78, 5) is 42.2. The Bertz CT molecular complexity index is 554. The Kier molecular flexibility index (Phi) is 4.43. The molecule has 7 nitrogen and oxygen atoms in total. The van der Waals surface area contributed by atoms with Crippen molar-refractivity contribution in [3.63, 3.8) is 0 Å². The highest BCUT2D eigenvalue weighted by molar-refractivity contribution is 8.00. The fourth-order valence-corrected chi connectivity index (χ4v) is 3.60. The molecule has 1 aliphatic heterocycles. The van der Waals surface area contributed by atoms with Gasteiger partial charge in [-0.3, -0.25) is 9.59 Å². The van der Waals surface area contributed by atoms with E-state index in [9.17, 15) is 19.5 Å². The number of hydrogen-bond acceptors (Lipinski definition) is 5. The first-order valence-electron chi connectivity index (χ1n) is 6.26. The van der Waals surface area contributed by atoms with Crippen LogP contribution in [-0.2, 0) is 4.79 Å². The summed E-state index contributed by atoms with van der Waals surface area (Å²) in [5.74, 6) is -1.11. The van der Waals surface area contributed by atoms with Crippen LogP contribution in [0, 0.1) is 0 Å². The molecule has 0 aliphatic carbocycles. The number of carboxylic acids is 1. The molecule has 108 valence electrons. The van der Waals surface area contributed by atoms with Crippen LogP contribution in [0.1, 0.15) is 30.3 Å². The van der Waals surface area contributed by atoms with Crippen molar-refractivity contribution in [3.05, 3.63) is 28.4 Å². The second-order valence-electron chi connectivity index (χ2n) is 4.44. The summed E-state index contributed by atoms with van der Waals surface area (Å²) in [7, 11) is 0. The molecule has 2 unspecified atom stereocenters. The molecule has 0 saturated carbocycles. The molecule has 0 bridgehead atoms. The summed E-state index contributed by atoms with van der Waals surface area (Å²) in [5, 5.41) is 9.06. The number of aliphatic carboxylic acids is 1. The number of H-pyrrole nitrogens is 1. The lowest BCUT2D eigenvalue weighted by Gasteiger charge is -2.26. The van der Waals surface area contributed by atoms with Crippen LogP contribution in [0.15, 0.2) is 17.2 Å². The number of thioether (sulfide) groups is 1. The van der Waals surface area contributed by atoms with Gasteiger partial charge in [0.25, 0.3) is 11.5 Å². The van der Waals surface area contributed by atoms with Crippen molar-refractivity contribution in [2.24, 2.45) is 0 Å². The van der Waals surface area contributed by atoms with Crippen molar-refractivity contribution in [2.75, 3.05) is 5.75 Å². The van der Waals surface area contributed by atoms with Crippen LogP contribution >= 0.6 is 11.8 Å². The molecule has 1 aromatic rings. The molecule has 1 saturated heterocycles. The minimum atomic E-state index is -1.02. The largest absolute Gasteiger partial charge is 0.480 e. The second-order valence-corrected chi connectivity index (χ2v) is 5.65. The molecular formula is C12H15N3O4S. The molecule has 20 heavy (non-hydrogen) atoms. The van der Waals surface area contributed by atoms with E-state index in [0.717, 1.165) is 19.0 Å². The Morgan fingerprint density at radius 2 is 2.35 bits per heavy atom. The molecule has 0 aromatic carbocycles. The normalized spacial score (nSPS) is 21.9. The van der Waals surface area contributed by atoms with Gasteiger partial charge in [-0.05, 0) is 6.42 Å². The maximum Gasteiger partial charge on any atom is 0.327 e. The molecule has 2 atom stereocenters. The van der Waals surface area contributed by atoms with Crippen LogP contribution in [0.2, 0.25) is 0 Å². The van der Waals surface area contributed by atoms with Crippen LogP contribution in [-0.4, -0.2) is 49.0 Å². The number of carbonyl (C=O) groups excluding carboxylic acids is 1. The summed E-state index contributed by atoms with van der Waals surface area (Å²) >= 11 is 1.46. The summed E-state index contributed by atoms with van der Waals surface area (Å²) in [5.41, 5.74) is -0.350. The van der Waals surface area contributed by atoms with Gasteiger partial charge in [-0.25, -0.2) is 9.78 Å². The van der Waals surface area contributed by atoms with Crippen LogP contribution in [0.3, 0.4) is 0 Å². The van der Waals surface area contributed by atoms with E-state index in [4.69, 9.17) is 0 Å². The Morgan fingerprint density at radius 3 is 2.90 bits per heavy atom. The number of hydrogen-bond donors (Lipinski definition) is 2. The van der Waals surface area contributed by atoms with Crippen LogP contribution in [0.5, 0.6) is 0 Å². The van der Waals surface area contributed by atoms with Crippen LogP contribution < -0.4 is 5.56 Å². The van der Waals surface area contributed by atoms with Gasteiger partial charge < -0.3 is 15.0 Å². The molecule has 1 amide bonds. The van der Waals surface area contributed by atoms with Gasteiger partial charge in [0.2, 0.25) is 0 Å². The molecule has 1 fully saturated rings. The van der Waals surface area contributed by atoms with Gasteiger partial charge in [-0.2, -0.15) is 0 Å². The minimum absolute atomic E-state index is 0.0550. The van der Waals surface area contributed by atoms with Gasteiger partial charge in [-0.1, -0.05) is 13.3 Å². The highest BCUT2D eigenvalue weighted by Crippen LogP contribution is 2.33. The third kappa shape index (κ3) is 2.84. The number of aromatic nitrogens is 2. The standard InChI is InChI=1S/C12H15N3O4S/c1-2-3-10-15(8(6-20-10)12(18)19)11(17)7-4-14-9(16)5-13-7/h4-5,8,10H,2-3,6H2,1H3,(H,14,16)(H,18,19). The van der Waals surface area contributed by atoms with Crippen LogP contribution in [0.4, 0.5) is 0 Å². The predicted molar refractivity (Wildman–Crippen MR) is 73.6 cm³/mol. The van der Waals surface area contributed by atoms with Crippen molar-refractivity contribution >= 4 is 23.6 Å². The maximum atomic E-state index is 12.4. The molecule has 2 heterocycles. The summed E-state index contributed by atoms with van der Waals surface area (Å²) < 4.78 is 0. The number of carboxylic acid groups (broad SMARTS) is 1. The molecule has 1 aliphatic rings. The average Bonchev–Trinajstić information content (AvgIpc) is 2.83. The van der Waals surface area contributed by atoms with Gasteiger partial charge in [0, 0.05) is 11.9 Å². The van der Waals surface area contributed by atoms with Gasteiger partial charge in [0.1, 0.15) is 11.7 Å². The van der Waals surface area contributed by atoms with E-state index >= 15 is 0 Å². The molecule has 0 radical (unpaired) electrons. The van der Waals surface area contributed by atoms with Gasteiger partial charge in [0.05, 0.1) is 11.6 Å². The van der Waals surface area contributed by atoms with E-state index in [1.54, 1.807) is 0 Å². The smallest absolute Gasteiger partial charge is 0.327 e. The summed E-state index contributed by atoms with van der Waals surface area (Å²) in [6, 6.07) is -0.849. The first-order valence-corrected chi connectivity index (χ1v) is 7.31. The van der Waals surface area contributed by atoms with Gasteiger partial charge >= 0.3 is 5.97 Å². The van der Waals surface area contributed by atoms with Gasteiger partial charge in [0.15, 0.2) is 0 Å². The number of aromatic amines is 1. The zero-order chi connectivity index (χ0) is 14.7. The molecule has 1 aromatic heterocycles. The van der Waals surface area contributed by atoms with E-state index in [1.165, 1.54) is 22.9 Å². The lowest BCUT2D eigenvalue weighted by Crippen LogP contribution is -2.46. The number of carbonyl (C=O) groups is 2. The lowest BCUT2D eigenvalue weighted by molar-refractivity contribution is -0.141. The van der Waals surface area contributed by atoms with E-state index < -0.39 is 23.5 Å². The van der Waals surface area contributed by atoms with Crippen molar-refractivity contribution < 1.29 is 14.7 Å². The van der Waals surface area contributed by atoms with E-state index in [0.29, 0.717) is 5.75 Å². The van der Waals surface area contributed by atoms with Crippen molar-refractivity contribution in [3.8, 4) is 0 Å². The molecular weight excluding hydrogens is 282 g/mol. The Morgan fingerprint density at radius 1 is 1.60 bits per heavy atom. The predicted octanol–water partition coefficient (Wildman–Crippen LogP) is 0.538. The third-order valence-corrected chi connectivity index (χ3v) is 4.39. The zero-order valence-electron chi connectivity index (χ0n) is 10.9. The third-order valence-electron chi connectivity index (χ3n) is 3.04. The number of nitrogens with zero attached hydrogens (tertiary/aromatic N) is 2. The average molecular weight is 297 g/mol. The fraction of sp³-hybridized carbons (Fsp3) is 0.500. The maximum absolute atomic E-state index is 12.4. The van der Waals surface area contributed by atoms with E-state index in [-0.39, 0.29) is 11.1 Å². The monoisotopic (exact) mass is 297 g/mol. The molecule has 2 N–H and O–H groups in total. The number of amides is 1. The molecule has 0 spiro atoms. The van der Waals surface area contributed by atoms with Crippen molar-refractivity contribution in [2.45, 2.75) is 31.2 Å². The number of nitrogens with one attached hydrogen (secondary N) is 1. The Balaban J connectivity index is 2.29. The van der Waals surface area contributed by atoms with Crippen LogP contribution in [0.25, 0.3) is 0 Å². The van der Waals surface area contributed by atoms with Gasteiger partial charge in [-0.15, -0.1) is 11.8 Å². The molecule has 8 heteroatoms. The fourth-order valence-electron chi connectivity index (χ4n) is 2.09. The summed E-state index contributed by atoms with van der Waals surface area (Å²) in [6.45, 7) is 1.98. The Labute approximate surface area is 119 Å². The highest BCUT2D eigenvalue weighted by atomic mass is 32.2. The SMILES string of the molecule is CCCC1SCC(C(=O)O)N1C(=O)c1c[nH]c(=O)cn1. The van der Waals surface area contributed by atoms with Crippen molar-refractivity contribution in [1.29, 1.82) is 0 Å². The first kappa shape index (κ1) is 14.6. The van der Waals surface area contributed by atoms with E-state index in [2.05, 4.69) is 9.97 Å². The lowest BCUT2D eigenvalue weighted by atomic mass is 10.2. The topological polar surface area (TPSA) is 103 Å². The second kappa shape index (κ2) is 6.08. The Hall–Kier alpha value is -1.83. The quantitative estimate of drug-likeness (QED) is 0.840. The highest BCUT2D eigenvalue weighted by Gasteiger charge is 2.41.